The number of imide groups is 2. The molecule has 14 nitrogen and oxygen atoms in total. The number of nitrogen functional groups attached to an aromatic ring is 1. The van der Waals surface area contributed by atoms with Crippen LogP contribution in [0.3, 0.4) is 0 Å². The Kier molecular flexibility index (Phi) is 9.56. The number of anilines is 2. The van der Waals surface area contributed by atoms with Gasteiger partial charge in [0.1, 0.15) is 17.5 Å². The average molecular weight is 710 g/mol. The van der Waals surface area contributed by atoms with E-state index in [1.807, 2.05) is 0 Å². The smallest absolute Gasteiger partial charge is 0.264 e. The van der Waals surface area contributed by atoms with Gasteiger partial charge in [-0.3, -0.25) is 34.2 Å². The van der Waals surface area contributed by atoms with Crippen LogP contribution in [-0.2, 0) is 14.4 Å². The van der Waals surface area contributed by atoms with E-state index in [1.54, 1.807) is 48.5 Å². The third-order valence-corrected chi connectivity index (χ3v) is 10.8. The lowest BCUT2D eigenvalue weighted by Gasteiger charge is -2.68. The second-order valence-electron chi connectivity index (χ2n) is 14.6. The summed E-state index contributed by atoms with van der Waals surface area (Å²) in [5.74, 6) is -1.23. The van der Waals surface area contributed by atoms with Crippen molar-refractivity contribution in [3.63, 3.8) is 0 Å². The molecule has 3 saturated carbocycles. The molecule has 0 spiro atoms. The molecule has 6 N–H and O–H groups in total. The van der Waals surface area contributed by atoms with Crippen LogP contribution in [0.25, 0.3) is 11.3 Å². The number of benzene rings is 2. The summed E-state index contributed by atoms with van der Waals surface area (Å²) in [6, 6.07) is 12.6. The molecule has 52 heavy (non-hydrogen) atoms. The molecule has 1 atom stereocenters. The number of fused-ring (bicyclic) bond motifs is 1. The topological polar surface area (TPSA) is 206 Å². The van der Waals surface area contributed by atoms with E-state index in [1.165, 1.54) is 0 Å². The van der Waals surface area contributed by atoms with Crippen molar-refractivity contribution in [2.75, 3.05) is 30.7 Å². The highest BCUT2D eigenvalue weighted by molar-refractivity contribution is 6.25. The molecular weight excluding hydrogens is 666 g/mol. The Morgan fingerprint density at radius 1 is 0.923 bits per heavy atom. The second-order valence-corrected chi connectivity index (χ2v) is 14.6. The van der Waals surface area contributed by atoms with E-state index < -0.39 is 29.7 Å². The van der Waals surface area contributed by atoms with Gasteiger partial charge < -0.3 is 26.2 Å². The summed E-state index contributed by atoms with van der Waals surface area (Å²) in [5.41, 5.74) is 7.81. The van der Waals surface area contributed by atoms with Crippen molar-refractivity contribution >= 4 is 41.0 Å². The van der Waals surface area contributed by atoms with Crippen LogP contribution in [0.2, 0.25) is 0 Å². The van der Waals surface area contributed by atoms with Crippen LogP contribution >= 0.6 is 0 Å². The maximum absolute atomic E-state index is 13.2. The van der Waals surface area contributed by atoms with E-state index in [0.29, 0.717) is 42.4 Å². The number of aromatic hydroxyl groups is 1. The number of hydrogen-bond acceptors (Lipinski definition) is 11. The van der Waals surface area contributed by atoms with E-state index in [4.69, 9.17) is 10.5 Å². The molecule has 2 bridgehead atoms. The first-order valence-electron chi connectivity index (χ1n) is 18.0. The molecule has 1 unspecified atom stereocenters. The number of aromatic nitrogens is 2. The van der Waals surface area contributed by atoms with E-state index >= 15 is 0 Å². The fraction of sp³-hybridized carbons (Fsp3) is 0.447. The Balaban J connectivity index is 0.759. The summed E-state index contributed by atoms with van der Waals surface area (Å²) in [5, 5.41) is 26.9. The number of phenols is 1. The van der Waals surface area contributed by atoms with Gasteiger partial charge in [0.2, 0.25) is 17.7 Å². The normalized spacial score (nSPS) is 23.0. The summed E-state index contributed by atoms with van der Waals surface area (Å²) in [6.07, 6.45) is 8.48. The SMILES string of the molecule is Nc1nnc(-c2ccccc2O)cc1OCC12CC(C(=O)NCCCCCCCCNc3cccc4c3C(=O)N(C3CCC(=O)NC3=O)C4=O)(C1)C2. The molecule has 8 rings (SSSR count). The van der Waals surface area contributed by atoms with Crippen LogP contribution in [-0.4, -0.2) is 75.5 Å². The average Bonchev–Trinajstić information content (AvgIpc) is 3.34. The number of nitrogens with two attached hydrogens (primary N) is 1. The lowest BCUT2D eigenvalue weighted by molar-refractivity contribution is -0.217. The lowest BCUT2D eigenvalue weighted by Crippen LogP contribution is -2.69. The van der Waals surface area contributed by atoms with Crippen LogP contribution in [0.4, 0.5) is 11.5 Å². The quantitative estimate of drug-likeness (QED) is 0.106. The van der Waals surface area contributed by atoms with Gasteiger partial charge in [-0.05, 0) is 62.8 Å². The standard InChI is InChI=1S/C38H43N7O7/c39-32-29(18-26(43-44-32)23-10-5-6-13-28(23)46)52-22-37-19-38(20-37,21-37)36(51)41-17-8-4-2-1-3-7-16-40-25-12-9-11-24-31(25)35(50)45(34(24)49)27-14-15-30(47)42-33(27)48/h5-6,9-13,18,27,40,46H,1-4,7-8,14-17,19-22H2,(H2,39,44)(H,41,51)(H,42,47,48). The molecule has 5 aliphatic rings. The van der Waals surface area contributed by atoms with Crippen molar-refractivity contribution in [2.45, 2.75) is 76.7 Å². The molecule has 3 aliphatic carbocycles. The first-order valence-corrected chi connectivity index (χ1v) is 18.0. The first-order chi connectivity index (χ1) is 25.1. The number of carbonyl (C=O) groups is 5. The zero-order valence-electron chi connectivity index (χ0n) is 28.9. The molecule has 2 aliphatic heterocycles. The number of unbranched alkanes of at least 4 members (excludes halogenated alkanes) is 5. The fourth-order valence-electron chi connectivity index (χ4n) is 8.18. The first kappa shape index (κ1) is 34.9. The van der Waals surface area contributed by atoms with Crippen molar-refractivity contribution in [3.8, 4) is 22.8 Å². The predicted octanol–water partition coefficient (Wildman–Crippen LogP) is 3.95. The molecule has 4 fully saturated rings. The second kappa shape index (κ2) is 14.2. The molecule has 3 aromatic rings. The maximum Gasteiger partial charge on any atom is 0.264 e. The van der Waals surface area contributed by atoms with Crippen molar-refractivity contribution < 1.29 is 33.8 Å². The monoisotopic (exact) mass is 709 g/mol. The number of hydrogen-bond donors (Lipinski definition) is 5. The number of para-hydroxylation sites is 1. The number of nitrogens with zero attached hydrogens (tertiary/aromatic N) is 3. The molecular formula is C38H43N7O7. The summed E-state index contributed by atoms with van der Waals surface area (Å²) in [7, 11) is 0. The molecule has 2 aromatic carbocycles. The van der Waals surface area contributed by atoms with Gasteiger partial charge in [0.05, 0.1) is 23.1 Å². The highest BCUT2D eigenvalue weighted by Gasteiger charge is 2.71. The Bertz CT molecular complexity index is 1910. The van der Waals surface area contributed by atoms with Gasteiger partial charge in [-0.1, -0.05) is 43.9 Å². The number of amides is 5. The van der Waals surface area contributed by atoms with Crippen LogP contribution in [0.15, 0.2) is 48.5 Å². The van der Waals surface area contributed by atoms with Gasteiger partial charge in [0.25, 0.3) is 11.8 Å². The molecule has 1 saturated heterocycles. The minimum atomic E-state index is -0.988. The van der Waals surface area contributed by atoms with Gasteiger partial charge in [0.15, 0.2) is 11.6 Å². The van der Waals surface area contributed by atoms with Crippen molar-refractivity contribution in [2.24, 2.45) is 10.8 Å². The van der Waals surface area contributed by atoms with E-state index in [0.717, 1.165) is 62.7 Å². The molecule has 1 aromatic heterocycles. The lowest BCUT2D eigenvalue weighted by atomic mass is 9.35. The van der Waals surface area contributed by atoms with Crippen LogP contribution < -0.4 is 26.4 Å². The Morgan fingerprint density at radius 2 is 1.63 bits per heavy atom. The number of nitrogens with one attached hydrogen (secondary N) is 3. The van der Waals surface area contributed by atoms with Crippen molar-refractivity contribution in [3.05, 3.63) is 59.7 Å². The van der Waals surface area contributed by atoms with Gasteiger partial charge in [-0.15, -0.1) is 10.2 Å². The highest BCUT2D eigenvalue weighted by atomic mass is 16.5. The fourth-order valence-corrected chi connectivity index (χ4v) is 8.18. The Morgan fingerprint density at radius 3 is 2.38 bits per heavy atom. The molecule has 272 valence electrons. The molecule has 14 heteroatoms. The van der Waals surface area contributed by atoms with Crippen LogP contribution in [0.1, 0.15) is 91.3 Å². The molecule has 0 radical (unpaired) electrons. The van der Waals surface area contributed by atoms with E-state index in [2.05, 4.69) is 26.1 Å². The Hall–Kier alpha value is -5.53. The maximum atomic E-state index is 13.2. The summed E-state index contributed by atoms with van der Waals surface area (Å²) < 4.78 is 6.05. The predicted molar refractivity (Wildman–Crippen MR) is 190 cm³/mol. The van der Waals surface area contributed by atoms with Gasteiger partial charge in [0, 0.05) is 42.2 Å². The third-order valence-electron chi connectivity index (χ3n) is 10.8. The number of carbonyl (C=O) groups excluding carboxylic acids is 5. The zero-order valence-corrected chi connectivity index (χ0v) is 28.9. The minimum Gasteiger partial charge on any atom is -0.507 e. The molecule has 5 amide bonds. The summed E-state index contributed by atoms with van der Waals surface area (Å²) in [4.78, 5) is 64.1. The minimum absolute atomic E-state index is 0.0272. The molecule has 3 heterocycles. The third kappa shape index (κ3) is 6.64. The largest absolute Gasteiger partial charge is 0.507 e. The number of phenolic OH excluding ortho intramolecular Hbond substituents is 1. The van der Waals surface area contributed by atoms with E-state index in [9.17, 15) is 29.1 Å². The van der Waals surface area contributed by atoms with Gasteiger partial charge >= 0.3 is 0 Å². The summed E-state index contributed by atoms with van der Waals surface area (Å²) in [6.45, 7) is 1.73. The van der Waals surface area contributed by atoms with E-state index in [-0.39, 0.29) is 52.3 Å². The highest BCUT2D eigenvalue weighted by Crippen LogP contribution is 2.73. The number of ether oxygens (including phenoxy) is 1. The van der Waals surface area contributed by atoms with Crippen molar-refractivity contribution in [1.82, 2.24) is 25.7 Å². The zero-order chi connectivity index (χ0) is 36.5. The van der Waals surface area contributed by atoms with Gasteiger partial charge in [-0.2, -0.15) is 0 Å². The summed E-state index contributed by atoms with van der Waals surface area (Å²) >= 11 is 0. The Labute approximate surface area is 300 Å². The van der Waals surface area contributed by atoms with Gasteiger partial charge in [-0.25, -0.2) is 0 Å². The van der Waals surface area contributed by atoms with Crippen LogP contribution in [0, 0.1) is 10.8 Å². The van der Waals surface area contributed by atoms with Crippen LogP contribution in [0.5, 0.6) is 11.5 Å². The van der Waals surface area contributed by atoms with Crippen molar-refractivity contribution in [1.29, 1.82) is 0 Å². The number of piperidine rings is 1. The number of rotatable bonds is 16.